The Kier molecular flexibility index (Phi) is 4.33. The van der Waals surface area contributed by atoms with Crippen LogP contribution < -0.4 is 4.72 Å². The van der Waals surface area contributed by atoms with Gasteiger partial charge < -0.3 is 0 Å². The molecule has 1 aromatic carbocycles. The summed E-state index contributed by atoms with van der Waals surface area (Å²) in [7, 11) is 0. The number of hydrogen-bond acceptors (Lipinski definition) is 2. The lowest BCUT2D eigenvalue weighted by Crippen LogP contribution is -2.21. The van der Waals surface area contributed by atoms with Gasteiger partial charge in [0.1, 0.15) is 11.6 Å². The molecule has 0 saturated carbocycles. The second kappa shape index (κ2) is 5.15. The molecule has 1 atom stereocenters. The Morgan fingerprint density at radius 1 is 1.19 bits per heavy atom. The van der Waals surface area contributed by atoms with Crippen LogP contribution in [-0.2, 0) is 0 Å². The van der Waals surface area contributed by atoms with Crippen LogP contribution in [0.5, 0.6) is 0 Å². The third kappa shape index (κ3) is 3.76. The molecule has 0 aliphatic rings. The van der Waals surface area contributed by atoms with Crippen molar-refractivity contribution >= 4 is 11.9 Å². The summed E-state index contributed by atoms with van der Waals surface area (Å²) >= 11 is 1.47. The molecule has 0 heterocycles. The third-order valence-electron chi connectivity index (χ3n) is 1.97. The fourth-order valence-electron chi connectivity index (χ4n) is 1.25. The van der Waals surface area contributed by atoms with Crippen LogP contribution in [0, 0.1) is 11.6 Å². The average Bonchev–Trinajstić information content (AvgIpc) is 2.13. The Balaban J connectivity index is 2.77. The number of hydrogen-bond donors (Lipinski definition) is 1. The molecule has 0 bridgehead atoms. The van der Waals surface area contributed by atoms with E-state index >= 15 is 0 Å². The molecular weight excluding hydrogens is 228 g/mol. The monoisotopic (exact) mass is 245 g/mol. The van der Waals surface area contributed by atoms with Crippen molar-refractivity contribution < 1.29 is 8.78 Å². The fraction of sp³-hybridized carbons (Fsp3) is 0.500. The molecule has 16 heavy (non-hydrogen) atoms. The molecule has 0 saturated heterocycles. The summed E-state index contributed by atoms with van der Waals surface area (Å²) in [5, 5.41) is 0. The highest BCUT2D eigenvalue weighted by Crippen LogP contribution is 2.26. The lowest BCUT2D eigenvalue weighted by atomic mass is 10.1. The van der Waals surface area contributed by atoms with Gasteiger partial charge in [-0.1, -0.05) is 18.0 Å². The summed E-state index contributed by atoms with van der Waals surface area (Å²) in [6, 6.07) is 3.57. The minimum absolute atomic E-state index is 0.00991. The summed E-state index contributed by atoms with van der Waals surface area (Å²) in [5.41, 5.74) is 0.0965. The number of rotatable bonds is 3. The van der Waals surface area contributed by atoms with Crippen molar-refractivity contribution in [1.29, 1.82) is 0 Å². The maximum absolute atomic E-state index is 13.4. The highest BCUT2D eigenvalue weighted by Gasteiger charge is 2.18. The topological polar surface area (TPSA) is 12.0 Å². The van der Waals surface area contributed by atoms with E-state index in [1.807, 2.05) is 20.8 Å². The van der Waals surface area contributed by atoms with Gasteiger partial charge in [0.15, 0.2) is 0 Å². The van der Waals surface area contributed by atoms with Gasteiger partial charge >= 0.3 is 0 Å². The SMILES string of the molecule is C[C@H](NSC(C)(C)C)c1c(F)cccc1F. The van der Waals surface area contributed by atoms with E-state index in [1.54, 1.807) is 6.92 Å². The number of nitrogens with one attached hydrogen (secondary N) is 1. The molecule has 0 spiro atoms. The standard InChI is InChI=1S/C12H17F2NS/c1-8(15-16-12(2,3)4)11-9(13)6-5-7-10(11)14/h5-8,15H,1-4H3/t8-/m0/s1. The predicted molar refractivity (Wildman–Crippen MR) is 65.3 cm³/mol. The Morgan fingerprint density at radius 3 is 2.12 bits per heavy atom. The van der Waals surface area contributed by atoms with Crippen LogP contribution in [-0.4, -0.2) is 4.75 Å². The van der Waals surface area contributed by atoms with E-state index in [-0.39, 0.29) is 16.4 Å². The van der Waals surface area contributed by atoms with Crippen LogP contribution in [0.15, 0.2) is 18.2 Å². The van der Waals surface area contributed by atoms with Gasteiger partial charge in [0.25, 0.3) is 0 Å². The van der Waals surface area contributed by atoms with Gasteiger partial charge in [0, 0.05) is 16.4 Å². The van der Waals surface area contributed by atoms with Gasteiger partial charge in [-0.3, -0.25) is 4.72 Å². The highest BCUT2D eigenvalue weighted by molar-refractivity contribution is 7.98. The fourth-order valence-corrected chi connectivity index (χ4v) is 1.90. The molecule has 1 N–H and O–H groups in total. The van der Waals surface area contributed by atoms with E-state index in [2.05, 4.69) is 4.72 Å². The molecule has 1 rings (SSSR count). The number of benzene rings is 1. The Labute approximate surface area is 99.8 Å². The summed E-state index contributed by atoms with van der Waals surface area (Å²) < 4.78 is 29.9. The van der Waals surface area contributed by atoms with Crippen LogP contribution in [0.4, 0.5) is 8.78 Å². The molecule has 0 aliphatic carbocycles. The van der Waals surface area contributed by atoms with Crippen LogP contribution in [0.3, 0.4) is 0 Å². The van der Waals surface area contributed by atoms with E-state index in [0.717, 1.165) is 0 Å². The zero-order valence-electron chi connectivity index (χ0n) is 9.97. The summed E-state index contributed by atoms with van der Waals surface area (Å²) in [6.07, 6.45) is 0. The second-order valence-corrected chi connectivity index (χ2v) is 6.35. The first kappa shape index (κ1) is 13.5. The molecule has 0 aromatic heterocycles. The van der Waals surface area contributed by atoms with Gasteiger partial charge in [-0.05, 0) is 39.8 Å². The molecule has 0 amide bonds. The molecular formula is C12H17F2NS. The van der Waals surface area contributed by atoms with E-state index < -0.39 is 11.6 Å². The van der Waals surface area contributed by atoms with Crippen LogP contribution in [0.1, 0.15) is 39.3 Å². The van der Waals surface area contributed by atoms with Crippen LogP contribution in [0.25, 0.3) is 0 Å². The predicted octanol–water partition coefficient (Wildman–Crippen LogP) is 4.06. The molecule has 90 valence electrons. The Hall–Kier alpha value is -0.610. The largest absolute Gasteiger partial charge is 0.256 e. The normalized spacial score (nSPS) is 13.9. The Morgan fingerprint density at radius 2 is 1.69 bits per heavy atom. The van der Waals surface area contributed by atoms with Gasteiger partial charge in [0.2, 0.25) is 0 Å². The van der Waals surface area contributed by atoms with Gasteiger partial charge in [-0.2, -0.15) is 0 Å². The molecule has 0 radical (unpaired) electrons. The first-order chi connectivity index (χ1) is 7.31. The first-order valence-corrected chi connectivity index (χ1v) is 6.00. The lowest BCUT2D eigenvalue weighted by Gasteiger charge is -2.22. The summed E-state index contributed by atoms with van der Waals surface area (Å²) in [4.78, 5) is 0. The lowest BCUT2D eigenvalue weighted by molar-refractivity contribution is 0.528. The van der Waals surface area contributed by atoms with Crippen molar-refractivity contribution in [2.75, 3.05) is 0 Å². The summed E-state index contributed by atoms with van der Waals surface area (Å²) in [6.45, 7) is 7.86. The number of halogens is 2. The van der Waals surface area contributed by atoms with Crippen LogP contribution in [0.2, 0.25) is 0 Å². The van der Waals surface area contributed by atoms with E-state index in [0.29, 0.717) is 0 Å². The van der Waals surface area contributed by atoms with Gasteiger partial charge in [-0.25, -0.2) is 8.78 Å². The van der Waals surface area contributed by atoms with Crippen molar-refractivity contribution in [2.45, 2.75) is 38.5 Å². The molecule has 1 nitrogen and oxygen atoms in total. The van der Waals surface area contributed by atoms with Crippen molar-refractivity contribution in [3.8, 4) is 0 Å². The molecule has 0 fully saturated rings. The molecule has 4 heteroatoms. The quantitative estimate of drug-likeness (QED) is 0.806. The molecule has 0 aliphatic heterocycles. The third-order valence-corrected chi connectivity index (χ3v) is 3.06. The zero-order valence-corrected chi connectivity index (χ0v) is 10.8. The minimum Gasteiger partial charge on any atom is -0.256 e. The van der Waals surface area contributed by atoms with Gasteiger partial charge in [0.05, 0.1) is 0 Å². The highest BCUT2D eigenvalue weighted by atomic mass is 32.2. The van der Waals surface area contributed by atoms with Crippen molar-refractivity contribution in [3.63, 3.8) is 0 Å². The average molecular weight is 245 g/mol. The first-order valence-electron chi connectivity index (χ1n) is 5.18. The summed E-state index contributed by atoms with van der Waals surface area (Å²) in [5.74, 6) is -1.01. The smallest absolute Gasteiger partial charge is 0.130 e. The van der Waals surface area contributed by atoms with Crippen LogP contribution >= 0.6 is 11.9 Å². The zero-order chi connectivity index (χ0) is 12.3. The van der Waals surface area contributed by atoms with Crippen molar-refractivity contribution in [3.05, 3.63) is 35.4 Å². The van der Waals surface area contributed by atoms with Gasteiger partial charge in [-0.15, -0.1) is 0 Å². The maximum Gasteiger partial charge on any atom is 0.130 e. The molecule has 1 aromatic rings. The van der Waals surface area contributed by atoms with E-state index in [9.17, 15) is 8.78 Å². The van der Waals surface area contributed by atoms with Crippen molar-refractivity contribution in [2.24, 2.45) is 0 Å². The van der Waals surface area contributed by atoms with E-state index in [1.165, 1.54) is 30.1 Å². The van der Waals surface area contributed by atoms with E-state index in [4.69, 9.17) is 0 Å². The Bertz CT molecular complexity index is 340. The minimum atomic E-state index is -0.505. The molecule has 0 unspecified atom stereocenters. The maximum atomic E-state index is 13.4. The second-order valence-electron chi connectivity index (χ2n) is 4.69. The van der Waals surface area contributed by atoms with Crippen molar-refractivity contribution in [1.82, 2.24) is 4.72 Å².